The van der Waals surface area contributed by atoms with Crippen LogP contribution in [0.15, 0.2) is 51.7 Å². The van der Waals surface area contributed by atoms with E-state index in [1.807, 2.05) is 18.2 Å². The molecule has 5 heteroatoms. The number of nitrogens with zero attached hydrogens (tertiary/aromatic N) is 1. The molecule has 1 N–H and O–H groups in total. The Labute approximate surface area is 122 Å². The lowest BCUT2D eigenvalue weighted by atomic mass is 10.2. The third kappa shape index (κ3) is 3.65. The van der Waals surface area contributed by atoms with E-state index in [1.54, 1.807) is 24.5 Å². The Morgan fingerprint density at radius 1 is 1.22 bits per heavy atom. The fourth-order valence-corrected chi connectivity index (χ4v) is 2.77. The number of rotatable bonds is 3. The summed E-state index contributed by atoms with van der Waals surface area (Å²) in [4.78, 5) is 15.9. The summed E-state index contributed by atoms with van der Waals surface area (Å²) >= 11 is 6.71. The fraction of sp³-hybridized carbons (Fsp3) is 0.0769. The maximum atomic E-state index is 11.9. The van der Waals surface area contributed by atoms with Crippen molar-refractivity contribution in [1.82, 2.24) is 10.3 Å². The molecular formula is C13H10Br2N2O. The van der Waals surface area contributed by atoms with Crippen LogP contribution in [0.25, 0.3) is 0 Å². The van der Waals surface area contributed by atoms with E-state index >= 15 is 0 Å². The van der Waals surface area contributed by atoms with Crippen molar-refractivity contribution in [2.45, 2.75) is 6.54 Å². The Morgan fingerprint density at radius 3 is 2.56 bits per heavy atom. The highest BCUT2D eigenvalue weighted by molar-refractivity contribution is 9.11. The molecule has 1 aromatic heterocycles. The average Bonchev–Trinajstić information content (AvgIpc) is 2.36. The van der Waals surface area contributed by atoms with E-state index in [9.17, 15) is 4.79 Å². The van der Waals surface area contributed by atoms with Gasteiger partial charge in [-0.25, -0.2) is 0 Å². The maximum absolute atomic E-state index is 11.9. The average molecular weight is 370 g/mol. The number of nitrogens with one attached hydrogen (secondary N) is 1. The van der Waals surface area contributed by atoms with E-state index in [0.717, 1.165) is 14.5 Å². The summed E-state index contributed by atoms with van der Waals surface area (Å²) in [5, 5.41) is 2.85. The number of halogens is 2. The predicted octanol–water partition coefficient (Wildman–Crippen LogP) is 3.54. The van der Waals surface area contributed by atoms with Crippen molar-refractivity contribution in [1.29, 1.82) is 0 Å². The first-order chi connectivity index (χ1) is 8.65. The van der Waals surface area contributed by atoms with Crippen molar-refractivity contribution in [3.63, 3.8) is 0 Å². The Balaban J connectivity index is 2.04. The van der Waals surface area contributed by atoms with Gasteiger partial charge in [-0.15, -0.1) is 0 Å². The van der Waals surface area contributed by atoms with Crippen LogP contribution in [0.1, 0.15) is 15.9 Å². The lowest BCUT2D eigenvalue weighted by Crippen LogP contribution is -2.22. The van der Waals surface area contributed by atoms with Crippen molar-refractivity contribution >= 4 is 37.8 Å². The van der Waals surface area contributed by atoms with Crippen LogP contribution in [0.5, 0.6) is 0 Å². The molecule has 0 atom stereocenters. The quantitative estimate of drug-likeness (QED) is 0.899. The second-order valence-electron chi connectivity index (χ2n) is 3.70. The zero-order valence-corrected chi connectivity index (χ0v) is 12.5. The molecule has 0 saturated heterocycles. The minimum absolute atomic E-state index is 0.110. The molecule has 1 heterocycles. The number of hydrogen-bond donors (Lipinski definition) is 1. The zero-order valence-electron chi connectivity index (χ0n) is 9.36. The van der Waals surface area contributed by atoms with Crippen molar-refractivity contribution in [3.05, 3.63) is 62.8 Å². The Hall–Kier alpha value is -1.20. The lowest BCUT2D eigenvalue weighted by molar-refractivity contribution is 0.0951. The highest BCUT2D eigenvalue weighted by Crippen LogP contribution is 2.20. The first-order valence-corrected chi connectivity index (χ1v) is 6.87. The molecule has 2 aromatic rings. The number of pyridine rings is 1. The van der Waals surface area contributed by atoms with Gasteiger partial charge in [0.05, 0.1) is 0 Å². The summed E-state index contributed by atoms with van der Waals surface area (Å²) in [6.07, 6.45) is 3.44. The number of carbonyl (C=O) groups is 1. The molecule has 18 heavy (non-hydrogen) atoms. The van der Waals surface area contributed by atoms with E-state index in [0.29, 0.717) is 12.1 Å². The highest BCUT2D eigenvalue weighted by Gasteiger charge is 2.07. The Bertz CT molecular complexity index is 538. The van der Waals surface area contributed by atoms with Crippen LogP contribution in [0.2, 0.25) is 0 Å². The van der Waals surface area contributed by atoms with Crippen molar-refractivity contribution in [2.75, 3.05) is 0 Å². The molecule has 0 bridgehead atoms. The number of amides is 1. The molecule has 2 rings (SSSR count). The van der Waals surface area contributed by atoms with Crippen LogP contribution in [-0.4, -0.2) is 10.9 Å². The summed E-state index contributed by atoms with van der Waals surface area (Å²) in [7, 11) is 0. The van der Waals surface area contributed by atoms with Gasteiger partial charge in [0.1, 0.15) is 0 Å². The van der Waals surface area contributed by atoms with Crippen LogP contribution in [0.4, 0.5) is 0 Å². The monoisotopic (exact) mass is 368 g/mol. The molecule has 0 saturated carbocycles. The van der Waals surface area contributed by atoms with Gasteiger partial charge in [-0.05, 0) is 29.8 Å². The second-order valence-corrected chi connectivity index (χ2v) is 5.53. The van der Waals surface area contributed by atoms with Gasteiger partial charge in [0.2, 0.25) is 0 Å². The minimum atomic E-state index is -0.110. The summed E-state index contributed by atoms with van der Waals surface area (Å²) in [5.41, 5.74) is 1.58. The fourth-order valence-electron chi connectivity index (χ4n) is 1.47. The van der Waals surface area contributed by atoms with E-state index < -0.39 is 0 Å². The minimum Gasteiger partial charge on any atom is -0.348 e. The molecule has 0 spiro atoms. The highest BCUT2D eigenvalue weighted by atomic mass is 79.9. The van der Waals surface area contributed by atoms with Gasteiger partial charge in [0.15, 0.2) is 0 Å². The first kappa shape index (κ1) is 13.2. The molecule has 0 aliphatic heterocycles. The van der Waals surface area contributed by atoms with E-state index in [2.05, 4.69) is 42.2 Å². The predicted molar refractivity (Wildman–Crippen MR) is 77.2 cm³/mol. The Morgan fingerprint density at radius 2 is 1.94 bits per heavy atom. The van der Waals surface area contributed by atoms with Gasteiger partial charge in [0.25, 0.3) is 5.91 Å². The molecule has 3 nitrogen and oxygen atoms in total. The van der Waals surface area contributed by atoms with Crippen LogP contribution in [0, 0.1) is 0 Å². The summed E-state index contributed by atoms with van der Waals surface area (Å²) in [6.45, 7) is 0.469. The normalized spacial score (nSPS) is 10.1. The van der Waals surface area contributed by atoms with E-state index in [1.165, 1.54) is 0 Å². The van der Waals surface area contributed by atoms with Gasteiger partial charge < -0.3 is 5.32 Å². The molecule has 0 unspecified atom stereocenters. The molecule has 1 aromatic carbocycles. The zero-order chi connectivity index (χ0) is 13.0. The van der Waals surface area contributed by atoms with E-state index in [4.69, 9.17) is 0 Å². The largest absolute Gasteiger partial charge is 0.348 e. The summed E-state index contributed by atoms with van der Waals surface area (Å²) in [6, 6.07) is 9.21. The van der Waals surface area contributed by atoms with Crippen LogP contribution < -0.4 is 5.32 Å². The summed E-state index contributed by atoms with van der Waals surface area (Å²) < 4.78 is 1.73. The molecular weight excluding hydrogens is 360 g/mol. The van der Waals surface area contributed by atoms with Gasteiger partial charge in [-0.3, -0.25) is 9.78 Å². The molecule has 0 fully saturated rings. The third-order valence-corrected chi connectivity index (χ3v) is 3.22. The third-order valence-electron chi connectivity index (χ3n) is 2.30. The first-order valence-electron chi connectivity index (χ1n) is 5.28. The number of carbonyl (C=O) groups excluding carboxylic acids is 1. The standard InChI is InChI=1S/C13H10Br2N2O/c14-11-4-10(5-12(15)6-11)13(18)17-8-9-2-1-3-16-7-9/h1-7H,8H2,(H,17,18). The smallest absolute Gasteiger partial charge is 0.251 e. The van der Waals surface area contributed by atoms with Crippen molar-refractivity contribution in [2.24, 2.45) is 0 Å². The Kier molecular flexibility index (Phi) is 4.49. The van der Waals surface area contributed by atoms with Gasteiger partial charge in [-0.2, -0.15) is 0 Å². The molecule has 0 radical (unpaired) electrons. The maximum Gasteiger partial charge on any atom is 0.251 e. The van der Waals surface area contributed by atoms with Gasteiger partial charge in [0, 0.05) is 33.4 Å². The number of hydrogen-bond acceptors (Lipinski definition) is 2. The van der Waals surface area contributed by atoms with E-state index in [-0.39, 0.29) is 5.91 Å². The number of aromatic nitrogens is 1. The summed E-state index contributed by atoms with van der Waals surface area (Å²) in [5.74, 6) is -0.110. The van der Waals surface area contributed by atoms with Gasteiger partial charge in [-0.1, -0.05) is 37.9 Å². The topological polar surface area (TPSA) is 42.0 Å². The molecule has 0 aliphatic rings. The van der Waals surface area contributed by atoms with Crippen LogP contribution in [0.3, 0.4) is 0 Å². The van der Waals surface area contributed by atoms with Gasteiger partial charge >= 0.3 is 0 Å². The second kappa shape index (κ2) is 6.11. The van der Waals surface area contributed by atoms with Crippen molar-refractivity contribution < 1.29 is 4.79 Å². The SMILES string of the molecule is O=C(NCc1cccnc1)c1cc(Br)cc(Br)c1. The van der Waals surface area contributed by atoms with Crippen molar-refractivity contribution in [3.8, 4) is 0 Å². The molecule has 92 valence electrons. The molecule has 0 aliphatic carbocycles. The van der Waals surface area contributed by atoms with Crippen LogP contribution >= 0.6 is 31.9 Å². The molecule has 1 amide bonds. The number of benzene rings is 1. The van der Waals surface area contributed by atoms with Crippen LogP contribution in [-0.2, 0) is 6.54 Å². The lowest BCUT2D eigenvalue weighted by Gasteiger charge is -2.06.